The van der Waals surface area contributed by atoms with Crippen LogP contribution < -0.4 is 5.11 Å². The zero-order chi connectivity index (χ0) is 20.5. The summed E-state index contributed by atoms with van der Waals surface area (Å²) < 4.78 is -0.504. The highest BCUT2D eigenvalue weighted by Crippen LogP contribution is 2.13. The summed E-state index contributed by atoms with van der Waals surface area (Å²) in [7, 11) is 0. The Kier molecular flexibility index (Phi) is 14.1. The van der Waals surface area contributed by atoms with Gasteiger partial charge in [-0.15, -0.1) is 0 Å². The molecular formula is C20H35NO6. The van der Waals surface area contributed by atoms with E-state index in [-0.39, 0.29) is 6.54 Å². The number of hydrogen-bond donors (Lipinski definition) is 2. The zero-order valence-corrected chi connectivity index (χ0v) is 16.5. The molecule has 7 nitrogen and oxygen atoms in total. The lowest BCUT2D eigenvalue weighted by Gasteiger charge is -2.36. The number of carboxylic acids is 3. The lowest BCUT2D eigenvalue weighted by atomic mass is 10.1. The van der Waals surface area contributed by atoms with Crippen LogP contribution in [0.2, 0.25) is 0 Å². The third-order valence-electron chi connectivity index (χ3n) is 4.55. The molecule has 0 bridgehead atoms. The van der Waals surface area contributed by atoms with Crippen LogP contribution in [-0.4, -0.2) is 58.8 Å². The maximum absolute atomic E-state index is 11.1. The highest BCUT2D eigenvalue weighted by atomic mass is 16.4. The summed E-state index contributed by atoms with van der Waals surface area (Å²) in [5, 5.41) is 29.1. The lowest BCUT2D eigenvalue weighted by molar-refractivity contribution is -0.909. The Hall–Kier alpha value is -1.89. The van der Waals surface area contributed by atoms with Crippen LogP contribution in [0.3, 0.4) is 0 Å². The van der Waals surface area contributed by atoms with Crippen LogP contribution in [-0.2, 0) is 14.4 Å². The molecule has 0 unspecified atom stereocenters. The summed E-state index contributed by atoms with van der Waals surface area (Å²) in [4.78, 5) is 33.1. The highest BCUT2D eigenvalue weighted by Gasteiger charge is 2.33. The molecule has 0 aromatic carbocycles. The van der Waals surface area contributed by atoms with Crippen LogP contribution in [0.25, 0.3) is 0 Å². The Balaban J connectivity index is 4.14. The molecule has 0 aromatic rings. The van der Waals surface area contributed by atoms with E-state index in [1.165, 1.54) is 12.8 Å². The summed E-state index contributed by atoms with van der Waals surface area (Å²) in [6, 6.07) is 0. The van der Waals surface area contributed by atoms with E-state index in [9.17, 15) is 19.5 Å². The average molecular weight is 386 g/mol. The Bertz CT molecular complexity index is 434. The summed E-state index contributed by atoms with van der Waals surface area (Å²) in [6.07, 6.45) is 14.9. The molecule has 7 heteroatoms. The van der Waals surface area contributed by atoms with Gasteiger partial charge in [0.25, 0.3) is 0 Å². The van der Waals surface area contributed by atoms with Gasteiger partial charge in [0, 0.05) is 0 Å². The number of carbonyl (C=O) groups excluding carboxylic acids is 1. The van der Waals surface area contributed by atoms with E-state index in [2.05, 4.69) is 19.1 Å². The van der Waals surface area contributed by atoms with Crippen molar-refractivity contribution >= 4 is 17.9 Å². The van der Waals surface area contributed by atoms with Gasteiger partial charge in [-0.25, -0.2) is 9.59 Å². The van der Waals surface area contributed by atoms with Gasteiger partial charge in [-0.05, 0) is 32.1 Å². The molecule has 27 heavy (non-hydrogen) atoms. The first-order valence-corrected chi connectivity index (χ1v) is 9.95. The van der Waals surface area contributed by atoms with E-state index in [1.54, 1.807) is 0 Å². The van der Waals surface area contributed by atoms with Crippen LogP contribution >= 0.6 is 0 Å². The fourth-order valence-corrected chi connectivity index (χ4v) is 3.23. The quantitative estimate of drug-likeness (QED) is 0.212. The molecule has 0 spiro atoms. The van der Waals surface area contributed by atoms with Gasteiger partial charge in [-0.3, -0.25) is 0 Å². The number of aliphatic carboxylic acids is 3. The topological polar surface area (TPSA) is 115 Å². The van der Waals surface area contributed by atoms with Gasteiger partial charge in [0.1, 0.15) is 6.54 Å². The van der Waals surface area contributed by atoms with E-state index >= 15 is 0 Å². The van der Waals surface area contributed by atoms with Gasteiger partial charge < -0.3 is 24.6 Å². The minimum atomic E-state index is -1.43. The van der Waals surface area contributed by atoms with Crippen LogP contribution in [0, 0.1) is 0 Å². The molecule has 0 radical (unpaired) electrons. The van der Waals surface area contributed by atoms with Crippen LogP contribution in [0.15, 0.2) is 12.2 Å². The molecular weight excluding hydrogens is 350 g/mol. The monoisotopic (exact) mass is 385 g/mol. The molecule has 0 aliphatic carbocycles. The second-order valence-electron chi connectivity index (χ2n) is 7.22. The van der Waals surface area contributed by atoms with Crippen LogP contribution in [0.1, 0.15) is 71.1 Å². The minimum absolute atomic E-state index is 0.215. The Labute approximate surface area is 162 Å². The van der Waals surface area contributed by atoms with E-state index in [1.807, 2.05) is 0 Å². The van der Waals surface area contributed by atoms with Crippen LogP contribution in [0.5, 0.6) is 0 Å². The van der Waals surface area contributed by atoms with Gasteiger partial charge in [0.05, 0.1) is 12.5 Å². The number of hydrogen-bond acceptors (Lipinski definition) is 4. The first-order chi connectivity index (χ1) is 12.8. The molecule has 0 aromatic heterocycles. The fourth-order valence-electron chi connectivity index (χ4n) is 3.23. The third-order valence-corrected chi connectivity index (χ3v) is 4.55. The number of carboxylic acid groups (broad SMARTS) is 3. The van der Waals surface area contributed by atoms with Gasteiger partial charge in [-0.1, -0.05) is 51.2 Å². The number of rotatable bonds is 18. The van der Waals surface area contributed by atoms with E-state index in [4.69, 9.17) is 10.2 Å². The molecule has 156 valence electrons. The molecule has 0 aliphatic rings. The summed E-state index contributed by atoms with van der Waals surface area (Å²) in [5.74, 6) is -3.83. The second kappa shape index (κ2) is 15.2. The maximum Gasteiger partial charge on any atom is 0.359 e. The van der Waals surface area contributed by atoms with Crippen molar-refractivity contribution < 1.29 is 34.2 Å². The van der Waals surface area contributed by atoms with E-state index in [0.717, 1.165) is 44.9 Å². The Morgan fingerprint density at radius 1 is 0.778 bits per heavy atom. The zero-order valence-electron chi connectivity index (χ0n) is 16.5. The van der Waals surface area contributed by atoms with Crippen molar-refractivity contribution in [1.29, 1.82) is 0 Å². The van der Waals surface area contributed by atoms with Crippen LogP contribution in [0.4, 0.5) is 0 Å². The van der Waals surface area contributed by atoms with Crippen molar-refractivity contribution in [3.8, 4) is 0 Å². The molecule has 0 saturated heterocycles. The Morgan fingerprint density at radius 3 is 1.74 bits per heavy atom. The standard InChI is InChI=1S/C20H35NO6/c1-2-3-4-5-6-7-8-9-10-11-12-13-14-21(15-18(22)23,16-19(24)25)17-20(26)27/h5-6H,2-4,7-17H2,1H3,(H2-,22,23,24,25,26,27)/b6-5+. The lowest BCUT2D eigenvalue weighted by Crippen LogP contribution is -2.59. The van der Waals surface area contributed by atoms with Crippen molar-refractivity contribution in [3.05, 3.63) is 12.2 Å². The smallest absolute Gasteiger partial charge is 0.359 e. The molecule has 0 saturated carbocycles. The van der Waals surface area contributed by atoms with Gasteiger partial charge in [0.2, 0.25) is 0 Å². The predicted molar refractivity (Wildman–Crippen MR) is 101 cm³/mol. The van der Waals surface area contributed by atoms with Crippen molar-refractivity contribution in [2.75, 3.05) is 26.2 Å². The first kappa shape index (κ1) is 25.1. The molecule has 0 rings (SSSR count). The maximum atomic E-state index is 11.1. The fraction of sp³-hybridized carbons (Fsp3) is 0.750. The largest absolute Gasteiger partial charge is 0.544 e. The van der Waals surface area contributed by atoms with E-state index in [0.29, 0.717) is 6.42 Å². The number of allylic oxidation sites excluding steroid dienone is 2. The molecule has 2 N–H and O–H groups in total. The molecule has 0 atom stereocenters. The number of carbonyl (C=O) groups is 3. The number of quaternary nitrogens is 1. The average Bonchev–Trinajstić information content (AvgIpc) is 2.53. The van der Waals surface area contributed by atoms with Gasteiger partial charge in [-0.2, -0.15) is 0 Å². The minimum Gasteiger partial charge on any atom is -0.544 e. The molecule has 0 fully saturated rings. The predicted octanol–water partition coefficient (Wildman–Crippen LogP) is 2.20. The molecule has 0 amide bonds. The van der Waals surface area contributed by atoms with Gasteiger partial charge >= 0.3 is 11.9 Å². The summed E-state index contributed by atoms with van der Waals surface area (Å²) in [6.45, 7) is 0.754. The normalized spacial score (nSPS) is 11.7. The van der Waals surface area contributed by atoms with Crippen molar-refractivity contribution in [2.24, 2.45) is 0 Å². The van der Waals surface area contributed by atoms with Crippen molar-refractivity contribution in [2.45, 2.75) is 71.1 Å². The molecule has 0 aliphatic heterocycles. The highest BCUT2D eigenvalue weighted by molar-refractivity contribution is 5.72. The number of nitrogens with zero attached hydrogens (tertiary/aromatic N) is 1. The molecule has 0 heterocycles. The second-order valence-corrected chi connectivity index (χ2v) is 7.22. The summed E-state index contributed by atoms with van der Waals surface area (Å²) in [5.41, 5.74) is 0. The Morgan fingerprint density at radius 2 is 1.26 bits per heavy atom. The number of unbranched alkanes of at least 4 members (excludes halogenated alkanes) is 8. The summed E-state index contributed by atoms with van der Waals surface area (Å²) >= 11 is 0. The SMILES string of the molecule is CCCC/C=C/CCCCCCCC[N+](CC(=O)[O-])(CC(=O)O)CC(=O)O. The van der Waals surface area contributed by atoms with Gasteiger partial charge in [0.15, 0.2) is 13.1 Å². The van der Waals surface area contributed by atoms with Crippen molar-refractivity contribution in [3.63, 3.8) is 0 Å². The first-order valence-electron chi connectivity index (χ1n) is 9.95. The van der Waals surface area contributed by atoms with Crippen molar-refractivity contribution in [1.82, 2.24) is 0 Å². The third kappa shape index (κ3) is 14.9. The van der Waals surface area contributed by atoms with E-state index < -0.39 is 42.0 Å².